The summed E-state index contributed by atoms with van der Waals surface area (Å²) in [7, 11) is 0. The molecule has 8 radical (unpaired) electrons. The van der Waals surface area contributed by atoms with E-state index >= 15 is 0 Å². The second-order valence-electron chi connectivity index (χ2n) is 4.56. The summed E-state index contributed by atoms with van der Waals surface area (Å²) in [6, 6.07) is 9.16. The number of Topliss-reactive ketones (excluding diaryl/α,β-unsaturated/α-hetero) is 1. The zero-order valence-electron chi connectivity index (χ0n) is 14.4. The van der Waals surface area contributed by atoms with Gasteiger partial charge in [0.15, 0.2) is 5.78 Å². The van der Waals surface area contributed by atoms with Crippen LogP contribution in [-0.2, 0) is 26.4 Å². The van der Waals surface area contributed by atoms with Gasteiger partial charge in [-0.25, -0.2) is 0 Å². The van der Waals surface area contributed by atoms with Crippen LogP contribution in [0.4, 0.5) is 0 Å². The van der Waals surface area contributed by atoms with E-state index in [-0.39, 0.29) is 22.9 Å². The molecule has 2 rings (SSSR count). The molecule has 1 saturated carbocycles. The molecule has 4 heteroatoms. The van der Waals surface area contributed by atoms with E-state index in [0.717, 1.165) is 19.3 Å². The first kappa shape index (κ1) is 28.4. The van der Waals surface area contributed by atoms with Crippen LogP contribution in [0.25, 0.3) is 0 Å². The molecule has 0 amide bonds. The monoisotopic (exact) mass is 376 g/mol. The van der Waals surface area contributed by atoms with Crippen molar-refractivity contribution in [3.05, 3.63) is 92.9 Å². The van der Waals surface area contributed by atoms with E-state index in [9.17, 15) is 4.79 Å². The first-order chi connectivity index (χ1) is 11.7. The fourth-order valence-corrected chi connectivity index (χ4v) is 1.54. The molecule has 1 aromatic carbocycles. The van der Waals surface area contributed by atoms with Crippen LogP contribution in [0.1, 0.15) is 43.5 Å². The fourth-order valence-electron chi connectivity index (χ4n) is 1.54. The summed E-state index contributed by atoms with van der Waals surface area (Å²) in [6.07, 6.45) is 16.8. The Labute approximate surface area is 163 Å². The van der Waals surface area contributed by atoms with Gasteiger partial charge in [-0.1, -0.05) is 50.6 Å². The molecule has 0 aliphatic heterocycles. The van der Waals surface area contributed by atoms with Crippen LogP contribution in [0.2, 0.25) is 0 Å². The smallest absolute Gasteiger partial charge is 0 e. The van der Waals surface area contributed by atoms with Gasteiger partial charge in [0.1, 0.15) is 0 Å². The van der Waals surface area contributed by atoms with Crippen LogP contribution >= 0.6 is 0 Å². The van der Waals surface area contributed by atoms with Crippen molar-refractivity contribution >= 4 is 5.78 Å². The molecule has 0 saturated heterocycles. The van der Waals surface area contributed by atoms with E-state index in [1.165, 1.54) is 5.92 Å². The van der Waals surface area contributed by atoms with E-state index in [1.807, 2.05) is 31.0 Å². The molecular formula is C21H21MnO3. The molecule has 25 heavy (non-hydrogen) atoms. The van der Waals surface area contributed by atoms with E-state index < -0.39 is 0 Å². The van der Waals surface area contributed by atoms with Gasteiger partial charge in [-0.2, -0.15) is 0 Å². The van der Waals surface area contributed by atoms with Crippen LogP contribution in [0.3, 0.4) is 0 Å². The number of allylic oxidation sites excluding steroid dienone is 2. The summed E-state index contributed by atoms with van der Waals surface area (Å²) < 4.78 is 15.0. The number of benzene rings is 1. The third-order valence-electron chi connectivity index (χ3n) is 2.72. The zero-order chi connectivity index (χ0) is 18.6. The van der Waals surface area contributed by atoms with Gasteiger partial charge in [0.25, 0.3) is 0 Å². The van der Waals surface area contributed by atoms with E-state index in [1.54, 1.807) is 12.1 Å². The summed E-state index contributed by atoms with van der Waals surface area (Å²) in [4.78, 5) is 11.4. The number of ketones is 1. The molecule has 1 aliphatic rings. The molecule has 0 spiro atoms. The van der Waals surface area contributed by atoms with Crippen LogP contribution < -0.4 is 0 Å². The van der Waals surface area contributed by atoms with Crippen molar-refractivity contribution in [2.45, 2.75) is 33.1 Å². The van der Waals surface area contributed by atoms with Crippen LogP contribution in [-0.4, -0.2) is 5.78 Å². The molecule has 1 aromatic rings. The summed E-state index contributed by atoms with van der Waals surface area (Å²) in [5.41, 5.74) is 0.677. The quantitative estimate of drug-likeness (QED) is 0.186. The first-order valence-corrected chi connectivity index (χ1v) is 7.41. The average Bonchev–Trinajstić information content (AvgIpc) is 3.14. The minimum absolute atomic E-state index is 0. The van der Waals surface area contributed by atoms with Gasteiger partial charge < -0.3 is 0 Å². The summed E-state index contributed by atoms with van der Waals surface area (Å²) in [5, 5.41) is 0. The third-order valence-corrected chi connectivity index (χ3v) is 2.72. The summed E-state index contributed by atoms with van der Waals surface area (Å²) in [6.45, 7) is 13.2. The van der Waals surface area contributed by atoms with Crippen LogP contribution in [0, 0.1) is 57.1 Å². The molecule has 0 heterocycles. The Balaban J connectivity index is -0.000000369. The van der Waals surface area contributed by atoms with E-state index in [4.69, 9.17) is 9.30 Å². The second-order valence-corrected chi connectivity index (χ2v) is 4.56. The van der Waals surface area contributed by atoms with Crippen LogP contribution in [0.15, 0.2) is 30.3 Å². The number of rotatable bonds is 5. The Hall–Kier alpha value is -1.37. The number of carbonyl (C=O) groups excluding carboxylic acids is 1. The Kier molecular flexibility index (Phi) is 25.7. The van der Waals surface area contributed by atoms with Crippen molar-refractivity contribution in [3.8, 4) is 0 Å². The largest absolute Gasteiger partial charge is 0 e. The normalized spacial score (nSPS) is 12.2. The van der Waals surface area contributed by atoms with Gasteiger partial charge in [0.2, 0.25) is 0 Å². The zero-order valence-corrected chi connectivity index (χ0v) is 15.6. The van der Waals surface area contributed by atoms with Crippen molar-refractivity contribution in [2.75, 3.05) is 0 Å². The second kappa shape index (κ2) is 22.6. The van der Waals surface area contributed by atoms with Gasteiger partial charge >= 0.3 is 22.6 Å². The van der Waals surface area contributed by atoms with Gasteiger partial charge in [0.05, 0.1) is 0 Å². The van der Waals surface area contributed by atoms with Gasteiger partial charge in [-0.05, 0) is 50.5 Å². The standard InChI is InChI=1S/C13H14O.C6H7.2CO.Mn/c1-2-3-4-8-11-13(14)12-9-6-5-7-10-12;1-6-4-2-3-5-6;2*1-2;/h5-7,9-10H,2-4H2,1H3;2-5H,1H3;;;. The number of carbonyl (C=O) groups is 1. The van der Waals surface area contributed by atoms with E-state index in [2.05, 4.69) is 52.1 Å². The molecule has 0 bridgehead atoms. The van der Waals surface area contributed by atoms with Crippen molar-refractivity contribution < 1.29 is 31.2 Å². The van der Waals surface area contributed by atoms with Gasteiger partial charge in [0, 0.05) is 28.7 Å². The Morgan fingerprint density at radius 1 is 1.04 bits per heavy atom. The molecule has 0 aromatic heterocycles. The molecule has 0 atom stereocenters. The Bertz CT molecular complexity index is 466. The minimum atomic E-state index is -0.0818. The molecule has 0 unspecified atom stereocenters. The Morgan fingerprint density at radius 2 is 1.56 bits per heavy atom. The fraction of sp³-hybridized carbons (Fsp3) is 0.238. The van der Waals surface area contributed by atoms with Crippen molar-refractivity contribution in [1.29, 1.82) is 0 Å². The summed E-state index contributed by atoms with van der Waals surface area (Å²) >= 11 is 0. The number of hydrogen-bond acceptors (Lipinski definition) is 1. The molecular weight excluding hydrogens is 355 g/mol. The summed E-state index contributed by atoms with van der Waals surface area (Å²) in [5.74, 6) is 1.26. The maximum absolute atomic E-state index is 11.4. The predicted octanol–water partition coefficient (Wildman–Crippen LogP) is 4.56. The number of unbranched alkanes of at least 4 members (excludes halogenated alkanes) is 2. The molecule has 3 nitrogen and oxygen atoms in total. The topological polar surface area (TPSA) is 56.9 Å². The van der Waals surface area contributed by atoms with Crippen molar-refractivity contribution in [2.24, 2.45) is 0 Å². The van der Waals surface area contributed by atoms with Crippen LogP contribution in [0.5, 0.6) is 0 Å². The molecule has 130 valence electrons. The first-order valence-electron chi connectivity index (χ1n) is 7.41. The van der Waals surface area contributed by atoms with Gasteiger partial charge in [-0.15, -0.1) is 0 Å². The van der Waals surface area contributed by atoms with E-state index in [0.29, 0.717) is 5.56 Å². The Morgan fingerprint density at radius 3 is 1.96 bits per heavy atom. The van der Waals surface area contributed by atoms with Crippen molar-refractivity contribution in [1.82, 2.24) is 0 Å². The third kappa shape index (κ3) is 17.2. The molecule has 1 aliphatic carbocycles. The maximum Gasteiger partial charge on any atom is 0 e. The SMILES string of the molecule is CCCC[C]=[C]C(=O)c1ccccc1.C[C]1[CH][CH][CH][CH]1.[C-]#[O+].[C-]#[O+].[Mn]. The minimum Gasteiger partial charge on any atom is 0 e. The predicted molar refractivity (Wildman–Crippen MR) is 90.8 cm³/mol. The van der Waals surface area contributed by atoms with Crippen molar-refractivity contribution in [3.63, 3.8) is 0 Å². The molecule has 1 fully saturated rings. The maximum atomic E-state index is 11.4. The molecule has 0 N–H and O–H groups in total. The van der Waals surface area contributed by atoms with Gasteiger partial charge in [-0.3, -0.25) is 4.79 Å². The average molecular weight is 376 g/mol. The number of hydrogen-bond donors (Lipinski definition) is 0.